The number of anilines is 1. The van der Waals surface area contributed by atoms with E-state index in [1.807, 2.05) is 42.6 Å². The smallest absolute Gasteiger partial charge is 0.269 e. The van der Waals surface area contributed by atoms with Crippen LogP contribution in [0.1, 0.15) is 31.2 Å². The van der Waals surface area contributed by atoms with E-state index in [1.165, 1.54) is 27.7 Å². The summed E-state index contributed by atoms with van der Waals surface area (Å²) >= 11 is 2.81. The Bertz CT molecular complexity index is 1360. The van der Waals surface area contributed by atoms with Gasteiger partial charge in [-0.3, -0.25) is 19.3 Å². The van der Waals surface area contributed by atoms with E-state index in [0.717, 1.165) is 25.6 Å². The second kappa shape index (κ2) is 8.10. The van der Waals surface area contributed by atoms with Crippen molar-refractivity contribution in [3.8, 4) is 0 Å². The zero-order valence-electron chi connectivity index (χ0n) is 16.9. The van der Waals surface area contributed by atoms with Crippen molar-refractivity contribution in [1.82, 2.24) is 9.88 Å². The van der Waals surface area contributed by atoms with E-state index >= 15 is 0 Å². The van der Waals surface area contributed by atoms with Crippen molar-refractivity contribution in [3.05, 3.63) is 81.5 Å². The highest BCUT2D eigenvalue weighted by atomic mass is 32.1. The van der Waals surface area contributed by atoms with Gasteiger partial charge in [-0.2, -0.15) is 10.1 Å². The first-order valence-corrected chi connectivity index (χ1v) is 11.4. The third-order valence-electron chi connectivity index (χ3n) is 4.97. The molecule has 0 N–H and O–H groups in total. The standard InChI is InChI=1S/C23H16N4O3S2/c1-14-8-9-18-19(11-14)32-23(25-18)27(24-12-15-5-4-10-31-15)20(28)13-26-21(29)16-6-2-3-7-17(16)22(26)30/h2-12H,13H2,1H3/b24-12+. The van der Waals surface area contributed by atoms with Crippen molar-refractivity contribution in [2.45, 2.75) is 6.92 Å². The molecule has 1 aliphatic heterocycles. The second-order valence-corrected chi connectivity index (χ2v) is 9.16. The minimum Gasteiger partial charge on any atom is -0.270 e. The zero-order valence-corrected chi connectivity index (χ0v) is 18.5. The topological polar surface area (TPSA) is 82.9 Å². The highest BCUT2D eigenvalue weighted by Gasteiger charge is 2.37. The van der Waals surface area contributed by atoms with E-state index in [9.17, 15) is 14.4 Å². The molecule has 0 atom stereocenters. The maximum atomic E-state index is 13.3. The molecule has 0 bridgehead atoms. The number of rotatable bonds is 5. The zero-order chi connectivity index (χ0) is 22.2. The van der Waals surface area contributed by atoms with Crippen LogP contribution >= 0.6 is 22.7 Å². The predicted octanol–water partition coefficient (Wildman–Crippen LogP) is 4.33. The number of imide groups is 1. The third kappa shape index (κ3) is 3.61. The molecule has 3 heterocycles. The van der Waals surface area contributed by atoms with Gasteiger partial charge in [0, 0.05) is 4.88 Å². The molecule has 0 spiro atoms. The highest BCUT2D eigenvalue weighted by Crippen LogP contribution is 2.30. The molecule has 5 rings (SSSR count). The van der Waals surface area contributed by atoms with Crippen LogP contribution < -0.4 is 5.01 Å². The van der Waals surface area contributed by atoms with Gasteiger partial charge in [0.1, 0.15) is 6.54 Å². The Kier molecular flexibility index (Phi) is 5.12. The highest BCUT2D eigenvalue weighted by molar-refractivity contribution is 7.22. The van der Waals surface area contributed by atoms with Gasteiger partial charge in [-0.1, -0.05) is 35.6 Å². The monoisotopic (exact) mass is 460 g/mol. The lowest BCUT2D eigenvalue weighted by Crippen LogP contribution is -2.41. The SMILES string of the molecule is Cc1ccc2nc(N(/N=C/c3cccs3)C(=O)CN3C(=O)c4ccccc4C3=O)sc2c1. The summed E-state index contributed by atoms with van der Waals surface area (Å²) in [6.45, 7) is 1.56. The van der Waals surface area contributed by atoms with Crippen LogP contribution in [-0.4, -0.2) is 40.4 Å². The molecule has 4 aromatic rings. The van der Waals surface area contributed by atoms with Gasteiger partial charge in [-0.15, -0.1) is 11.3 Å². The first-order valence-electron chi connectivity index (χ1n) is 9.74. The lowest BCUT2D eigenvalue weighted by molar-refractivity contribution is -0.118. The molecular formula is C23H16N4O3S2. The number of aryl methyl sites for hydroxylation is 1. The van der Waals surface area contributed by atoms with Crippen LogP contribution in [0.5, 0.6) is 0 Å². The Hall–Kier alpha value is -3.69. The molecule has 32 heavy (non-hydrogen) atoms. The number of amides is 3. The fraction of sp³-hybridized carbons (Fsp3) is 0.0870. The van der Waals surface area contributed by atoms with Crippen molar-refractivity contribution in [3.63, 3.8) is 0 Å². The molecule has 0 saturated carbocycles. The summed E-state index contributed by atoms with van der Waals surface area (Å²) in [5.41, 5.74) is 2.43. The Labute approximate surface area is 191 Å². The van der Waals surface area contributed by atoms with Crippen LogP contribution in [0, 0.1) is 6.92 Å². The molecule has 0 unspecified atom stereocenters. The molecule has 158 valence electrons. The van der Waals surface area contributed by atoms with Gasteiger partial charge in [-0.05, 0) is 48.2 Å². The summed E-state index contributed by atoms with van der Waals surface area (Å²) in [5, 5.41) is 7.82. The molecule has 0 radical (unpaired) electrons. The number of thiophene rings is 1. The van der Waals surface area contributed by atoms with E-state index in [0.29, 0.717) is 16.3 Å². The summed E-state index contributed by atoms with van der Waals surface area (Å²) in [7, 11) is 0. The molecule has 7 nitrogen and oxygen atoms in total. The number of benzene rings is 2. The van der Waals surface area contributed by atoms with Gasteiger partial charge < -0.3 is 0 Å². The molecular weight excluding hydrogens is 444 g/mol. The van der Waals surface area contributed by atoms with Gasteiger partial charge in [0.15, 0.2) is 0 Å². The first kappa shape index (κ1) is 20.2. The molecule has 2 aromatic heterocycles. The minimum absolute atomic E-state index is 0.300. The average molecular weight is 461 g/mol. The second-order valence-electron chi connectivity index (χ2n) is 7.18. The van der Waals surface area contributed by atoms with Gasteiger partial charge in [0.25, 0.3) is 17.7 Å². The molecule has 9 heteroatoms. The molecule has 0 fully saturated rings. The average Bonchev–Trinajstić information content (AvgIpc) is 3.50. The van der Waals surface area contributed by atoms with Crippen LogP contribution in [0.2, 0.25) is 0 Å². The summed E-state index contributed by atoms with van der Waals surface area (Å²) < 4.78 is 0.921. The maximum Gasteiger partial charge on any atom is 0.269 e. The van der Waals surface area contributed by atoms with Crippen molar-refractivity contribution in [2.24, 2.45) is 5.10 Å². The Morgan fingerprint density at radius 3 is 2.53 bits per heavy atom. The first-order chi connectivity index (χ1) is 15.5. The van der Waals surface area contributed by atoms with Crippen molar-refractivity contribution in [2.75, 3.05) is 11.6 Å². The number of fused-ring (bicyclic) bond motifs is 2. The van der Waals surface area contributed by atoms with E-state index < -0.39 is 24.3 Å². The van der Waals surface area contributed by atoms with Crippen molar-refractivity contribution in [1.29, 1.82) is 0 Å². The molecule has 3 amide bonds. The Morgan fingerprint density at radius 1 is 1.09 bits per heavy atom. The normalized spacial score (nSPS) is 13.3. The lowest BCUT2D eigenvalue weighted by Gasteiger charge is -2.18. The van der Waals surface area contributed by atoms with Crippen molar-refractivity contribution >= 4 is 62.0 Å². The number of carbonyl (C=O) groups is 3. The number of hydrazone groups is 1. The van der Waals surface area contributed by atoms with Crippen LogP contribution in [0.25, 0.3) is 10.2 Å². The number of hydrogen-bond acceptors (Lipinski definition) is 7. The van der Waals surface area contributed by atoms with E-state index in [2.05, 4.69) is 10.1 Å². The molecule has 0 saturated heterocycles. The molecule has 1 aliphatic rings. The number of thiazole rings is 1. The molecule has 2 aromatic carbocycles. The Balaban J connectivity index is 1.48. The predicted molar refractivity (Wildman–Crippen MR) is 126 cm³/mol. The maximum absolute atomic E-state index is 13.3. The summed E-state index contributed by atoms with van der Waals surface area (Å²) in [5.74, 6) is -1.50. The van der Waals surface area contributed by atoms with Gasteiger partial charge >= 0.3 is 0 Å². The van der Waals surface area contributed by atoms with Gasteiger partial charge in [-0.25, -0.2) is 4.98 Å². The minimum atomic E-state index is -0.525. The van der Waals surface area contributed by atoms with Crippen LogP contribution in [0.15, 0.2) is 65.1 Å². The third-order valence-corrected chi connectivity index (χ3v) is 6.77. The number of carbonyl (C=O) groups excluding carboxylic acids is 3. The van der Waals surface area contributed by atoms with Crippen LogP contribution in [-0.2, 0) is 4.79 Å². The van der Waals surface area contributed by atoms with Gasteiger partial charge in [0.2, 0.25) is 5.13 Å². The van der Waals surface area contributed by atoms with Gasteiger partial charge in [0.05, 0.1) is 27.6 Å². The number of hydrogen-bond donors (Lipinski definition) is 0. The van der Waals surface area contributed by atoms with E-state index in [4.69, 9.17) is 0 Å². The summed E-state index contributed by atoms with van der Waals surface area (Å²) in [6.07, 6.45) is 1.57. The lowest BCUT2D eigenvalue weighted by atomic mass is 10.1. The largest absolute Gasteiger partial charge is 0.270 e. The quantitative estimate of drug-likeness (QED) is 0.252. The number of nitrogens with zero attached hydrogens (tertiary/aromatic N) is 4. The van der Waals surface area contributed by atoms with E-state index in [-0.39, 0.29) is 0 Å². The van der Waals surface area contributed by atoms with E-state index in [1.54, 1.807) is 30.5 Å². The fourth-order valence-corrected chi connectivity index (χ4v) is 5.01. The summed E-state index contributed by atoms with van der Waals surface area (Å²) in [4.78, 5) is 45.1. The van der Waals surface area contributed by atoms with Crippen LogP contribution in [0.4, 0.5) is 5.13 Å². The fourth-order valence-electron chi connectivity index (χ4n) is 3.40. The van der Waals surface area contributed by atoms with Crippen molar-refractivity contribution < 1.29 is 14.4 Å². The molecule has 0 aliphatic carbocycles. The Morgan fingerprint density at radius 2 is 1.84 bits per heavy atom. The van der Waals surface area contributed by atoms with Crippen LogP contribution in [0.3, 0.4) is 0 Å². The number of aromatic nitrogens is 1. The summed E-state index contributed by atoms with van der Waals surface area (Å²) in [6, 6.07) is 16.1.